The molecule has 0 aliphatic heterocycles. The predicted octanol–water partition coefficient (Wildman–Crippen LogP) is 3.64. The number of aromatic nitrogens is 2. The number of esters is 1. The molecule has 0 N–H and O–H groups in total. The van der Waals surface area contributed by atoms with Gasteiger partial charge in [-0.05, 0) is 30.9 Å². The Bertz CT molecular complexity index is 817. The summed E-state index contributed by atoms with van der Waals surface area (Å²) in [5.74, 6) is 0.455. The van der Waals surface area contributed by atoms with Crippen LogP contribution in [0.3, 0.4) is 0 Å². The summed E-state index contributed by atoms with van der Waals surface area (Å²) in [7, 11) is 0. The summed E-state index contributed by atoms with van der Waals surface area (Å²) in [5.41, 5.74) is 2.15. The van der Waals surface area contributed by atoms with Crippen LogP contribution in [0, 0.1) is 0 Å². The highest BCUT2D eigenvalue weighted by atomic mass is 32.1. The molecule has 23 heavy (non-hydrogen) atoms. The molecule has 4 rings (SSSR count). The molecular formula is C17H14N2O3S. The van der Waals surface area contributed by atoms with Gasteiger partial charge in [-0.25, -0.2) is 4.79 Å². The molecule has 0 unspecified atom stereocenters. The molecule has 1 aliphatic rings. The van der Waals surface area contributed by atoms with Gasteiger partial charge >= 0.3 is 5.97 Å². The molecular weight excluding hydrogens is 312 g/mol. The Balaban J connectivity index is 1.41. The zero-order valence-electron chi connectivity index (χ0n) is 12.3. The van der Waals surface area contributed by atoms with Crippen LogP contribution in [0.2, 0.25) is 0 Å². The van der Waals surface area contributed by atoms with Crippen molar-refractivity contribution in [3.8, 4) is 11.4 Å². The van der Waals surface area contributed by atoms with Gasteiger partial charge in [-0.2, -0.15) is 4.98 Å². The van der Waals surface area contributed by atoms with E-state index in [1.54, 1.807) is 0 Å². The standard InChI is InChI=1S/C17H14N2O3S/c20-17(14-9-12-7-4-8-13(12)23-14)21-10-15-18-16(19-22-15)11-5-2-1-3-6-11/h1-3,5-6,9H,4,7-8,10H2. The van der Waals surface area contributed by atoms with Crippen LogP contribution in [0.5, 0.6) is 0 Å². The number of ether oxygens (including phenoxy) is 1. The number of hydrogen-bond acceptors (Lipinski definition) is 6. The average Bonchev–Trinajstić information content (AvgIpc) is 3.29. The number of fused-ring (bicyclic) bond motifs is 1. The number of aryl methyl sites for hydroxylation is 2. The van der Waals surface area contributed by atoms with Crippen molar-refractivity contribution in [2.45, 2.75) is 25.9 Å². The number of carbonyl (C=O) groups excluding carboxylic acids is 1. The Morgan fingerprint density at radius 2 is 2.13 bits per heavy atom. The minimum atomic E-state index is -0.330. The van der Waals surface area contributed by atoms with Crippen molar-refractivity contribution < 1.29 is 14.1 Å². The maximum atomic E-state index is 12.1. The van der Waals surface area contributed by atoms with Gasteiger partial charge in [0, 0.05) is 10.4 Å². The monoisotopic (exact) mass is 326 g/mol. The Labute approximate surface area is 136 Å². The third kappa shape index (κ3) is 2.90. The summed E-state index contributed by atoms with van der Waals surface area (Å²) in [6, 6.07) is 11.5. The van der Waals surface area contributed by atoms with Crippen molar-refractivity contribution in [1.82, 2.24) is 10.1 Å². The molecule has 0 atom stereocenters. The lowest BCUT2D eigenvalue weighted by molar-refractivity contribution is 0.0435. The summed E-state index contributed by atoms with van der Waals surface area (Å²) in [5, 5.41) is 3.90. The van der Waals surface area contributed by atoms with E-state index in [0.717, 1.165) is 18.4 Å². The van der Waals surface area contributed by atoms with Crippen LogP contribution < -0.4 is 0 Å². The summed E-state index contributed by atoms with van der Waals surface area (Å²) in [6.07, 6.45) is 3.31. The van der Waals surface area contributed by atoms with E-state index >= 15 is 0 Å². The van der Waals surface area contributed by atoms with Crippen LogP contribution in [0.1, 0.15) is 32.4 Å². The first-order valence-corrected chi connectivity index (χ1v) is 8.28. The Kier molecular flexibility index (Phi) is 3.67. The zero-order valence-corrected chi connectivity index (χ0v) is 13.1. The molecule has 0 bridgehead atoms. The molecule has 3 aromatic rings. The molecule has 5 nitrogen and oxygen atoms in total. The van der Waals surface area contributed by atoms with Gasteiger partial charge in [0.05, 0.1) is 0 Å². The Hall–Kier alpha value is -2.47. The predicted molar refractivity (Wildman–Crippen MR) is 85.2 cm³/mol. The van der Waals surface area contributed by atoms with Gasteiger partial charge in [-0.3, -0.25) is 0 Å². The van der Waals surface area contributed by atoms with Crippen molar-refractivity contribution in [1.29, 1.82) is 0 Å². The number of rotatable bonds is 4. The first kappa shape index (κ1) is 14.1. The lowest BCUT2D eigenvalue weighted by Crippen LogP contribution is -2.03. The zero-order chi connectivity index (χ0) is 15.6. The summed E-state index contributed by atoms with van der Waals surface area (Å²) < 4.78 is 10.4. The van der Waals surface area contributed by atoms with Crippen molar-refractivity contribution in [3.63, 3.8) is 0 Å². The summed E-state index contributed by atoms with van der Waals surface area (Å²) in [4.78, 5) is 18.3. The van der Waals surface area contributed by atoms with Crippen LogP contribution in [0.15, 0.2) is 40.9 Å². The van der Waals surface area contributed by atoms with Gasteiger partial charge in [0.25, 0.3) is 5.89 Å². The van der Waals surface area contributed by atoms with Crippen molar-refractivity contribution in [2.75, 3.05) is 0 Å². The van der Waals surface area contributed by atoms with Gasteiger partial charge in [0.15, 0.2) is 6.61 Å². The number of hydrogen-bond donors (Lipinski definition) is 0. The first-order chi connectivity index (χ1) is 11.3. The second kappa shape index (κ2) is 5.96. The minimum absolute atomic E-state index is 0.0127. The van der Waals surface area contributed by atoms with Crippen LogP contribution >= 0.6 is 11.3 Å². The van der Waals surface area contributed by atoms with E-state index in [-0.39, 0.29) is 12.6 Å². The highest BCUT2D eigenvalue weighted by Gasteiger charge is 2.20. The molecule has 0 saturated carbocycles. The van der Waals surface area contributed by atoms with E-state index in [4.69, 9.17) is 9.26 Å². The largest absolute Gasteiger partial charge is 0.451 e. The van der Waals surface area contributed by atoms with Crippen LogP contribution in [-0.4, -0.2) is 16.1 Å². The molecule has 2 heterocycles. The fraction of sp³-hybridized carbons (Fsp3) is 0.235. The molecule has 116 valence electrons. The molecule has 2 aromatic heterocycles. The van der Waals surface area contributed by atoms with E-state index in [2.05, 4.69) is 10.1 Å². The molecule has 0 fully saturated rings. The lowest BCUT2D eigenvalue weighted by atomic mass is 10.2. The maximum Gasteiger partial charge on any atom is 0.348 e. The molecule has 0 saturated heterocycles. The molecule has 1 aromatic carbocycles. The third-order valence-electron chi connectivity index (χ3n) is 3.77. The fourth-order valence-corrected chi connectivity index (χ4v) is 3.79. The van der Waals surface area contributed by atoms with Crippen molar-refractivity contribution in [2.24, 2.45) is 0 Å². The van der Waals surface area contributed by atoms with Gasteiger partial charge < -0.3 is 9.26 Å². The molecule has 0 spiro atoms. The molecule has 0 radical (unpaired) electrons. The number of benzene rings is 1. The average molecular weight is 326 g/mol. The van der Waals surface area contributed by atoms with Gasteiger partial charge in [0.1, 0.15) is 4.88 Å². The highest BCUT2D eigenvalue weighted by molar-refractivity contribution is 7.14. The SMILES string of the molecule is O=C(OCc1nc(-c2ccccc2)no1)c1cc2c(s1)CCC2. The third-order valence-corrected chi connectivity index (χ3v) is 4.99. The summed E-state index contributed by atoms with van der Waals surface area (Å²) >= 11 is 1.53. The number of carbonyl (C=O) groups is 1. The normalized spacial score (nSPS) is 13.0. The Morgan fingerprint density at radius 1 is 1.26 bits per heavy atom. The fourth-order valence-electron chi connectivity index (χ4n) is 2.65. The molecule has 0 amide bonds. The second-order valence-corrected chi connectivity index (χ2v) is 6.50. The van der Waals surface area contributed by atoms with E-state index < -0.39 is 0 Å². The molecule has 1 aliphatic carbocycles. The number of thiophene rings is 1. The van der Waals surface area contributed by atoms with Gasteiger partial charge in [-0.1, -0.05) is 35.5 Å². The van der Waals surface area contributed by atoms with E-state index in [9.17, 15) is 4.79 Å². The van der Waals surface area contributed by atoms with Gasteiger partial charge in [0.2, 0.25) is 5.82 Å². The minimum Gasteiger partial charge on any atom is -0.451 e. The molecule has 6 heteroatoms. The maximum absolute atomic E-state index is 12.1. The van der Waals surface area contributed by atoms with E-state index in [1.807, 2.05) is 36.4 Å². The lowest BCUT2D eigenvalue weighted by Gasteiger charge is -1.98. The quantitative estimate of drug-likeness (QED) is 0.685. The second-order valence-electron chi connectivity index (χ2n) is 5.37. The Morgan fingerprint density at radius 3 is 2.96 bits per heavy atom. The van der Waals surface area contributed by atoms with Crippen molar-refractivity contribution in [3.05, 3.63) is 57.6 Å². The number of nitrogens with zero attached hydrogens (tertiary/aromatic N) is 2. The van der Waals surface area contributed by atoms with Crippen LogP contribution in [0.25, 0.3) is 11.4 Å². The van der Waals surface area contributed by atoms with Crippen LogP contribution in [-0.2, 0) is 24.2 Å². The summed E-state index contributed by atoms with van der Waals surface area (Å²) in [6.45, 7) is -0.0127. The van der Waals surface area contributed by atoms with Crippen molar-refractivity contribution >= 4 is 17.3 Å². The van der Waals surface area contributed by atoms with Crippen LogP contribution in [0.4, 0.5) is 0 Å². The topological polar surface area (TPSA) is 65.2 Å². The van der Waals surface area contributed by atoms with E-state index in [1.165, 1.54) is 28.2 Å². The smallest absolute Gasteiger partial charge is 0.348 e. The first-order valence-electron chi connectivity index (χ1n) is 7.46. The van der Waals surface area contributed by atoms with Gasteiger partial charge in [-0.15, -0.1) is 11.3 Å². The van der Waals surface area contributed by atoms with E-state index in [0.29, 0.717) is 16.6 Å². The highest BCUT2D eigenvalue weighted by Crippen LogP contribution is 2.31.